The van der Waals surface area contributed by atoms with Crippen molar-refractivity contribution in [3.63, 3.8) is 0 Å². The Bertz CT molecular complexity index is 268. The zero-order valence-corrected chi connectivity index (χ0v) is 6.89. The highest BCUT2D eigenvalue weighted by molar-refractivity contribution is 5.60. The average molecular weight is 151 g/mol. The van der Waals surface area contributed by atoms with Gasteiger partial charge in [0.25, 0.3) is 0 Å². The Kier molecular flexibility index (Phi) is 1.98. The molecule has 1 aromatic heterocycles. The first-order valence-electron chi connectivity index (χ1n) is 3.66. The van der Waals surface area contributed by atoms with Gasteiger partial charge in [-0.1, -0.05) is 6.92 Å². The van der Waals surface area contributed by atoms with Gasteiger partial charge >= 0.3 is 0 Å². The van der Waals surface area contributed by atoms with Crippen molar-refractivity contribution in [3.8, 4) is 0 Å². The molecular weight excluding hydrogens is 138 g/mol. The first-order chi connectivity index (χ1) is 5.16. The van der Waals surface area contributed by atoms with Crippen LogP contribution in [0.1, 0.15) is 18.1 Å². The fourth-order valence-electron chi connectivity index (χ4n) is 0.974. The van der Waals surface area contributed by atoms with E-state index in [-0.39, 0.29) is 0 Å². The minimum atomic E-state index is 0.528. The summed E-state index contributed by atoms with van der Waals surface area (Å²) in [5.41, 5.74) is 14.1. The highest BCUT2D eigenvalue weighted by Gasteiger charge is 2.03. The van der Waals surface area contributed by atoms with Crippen molar-refractivity contribution >= 4 is 11.5 Å². The molecule has 4 N–H and O–H groups in total. The van der Waals surface area contributed by atoms with Gasteiger partial charge in [0, 0.05) is 17.4 Å². The Labute approximate surface area is 66.4 Å². The van der Waals surface area contributed by atoms with Gasteiger partial charge < -0.3 is 11.5 Å². The topological polar surface area (TPSA) is 64.9 Å². The first kappa shape index (κ1) is 7.85. The van der Waals surface area contributed by atoms with Crippen molar-refractivity contribution in [1.82, 2.24) is 4.98 Å². The quantitative estimate of drug-likeness (QED) is 0.632. The molecule has 3 nitrogen and oxygen atoms in total. The van der Waals surface area contributed by atoms with Gasteiger partial charge in [0.1, 0.15) is 5.82 Å². The molecule has 1 heterocycles. The highest BCUT2D eigenvalue weighted by atomic mass is 14.8. The molecule has 0 aromatic carbocycles. The number of anilines is 2. The average Bonchev–Trinajstić information content (AvgIpc) is 2.01. The van der Waals surface area contributed by atoms with E-state index in [9.17, 15) is 0 Å². The molecule has 0 aliphatic rings. The number of aromatic nitrogens is 1. The lowest BCUT2D eigenvalue weighted by Crippen LogP contribution is -2.02. The largest absolute Gasteiger partial charge is 0.398 e. The molecule has 1 aromatic rings. The molecule has 0 atom stereocenters. The molecule has 3 heteroatoms. The molecule has 0 saturated carbocycles. The van der Waals surface area contributed by atoms with Crippen LogP contribution in [0.15, 0.2) is 6.20 Å². The second-order valence-corrected chi connectivity index (χ2v) is 2.56. The lowest BCUT2D eigenvalue weighted by Gasteiger charge is -2.06. The zero-order valence-electron chi connectivity index (χ0n) is 6.89. The Hall–Kier alpha value is -1.25. The molecule has 11 heavy (non-hydrogen) atoms. The van der Waals surface area contributed by atoms with Gasteiger partial charge in [0.2, 0.25) is 0 Å². The van der Waals surface area contributed by atoms with Crippen molar-refractivity contribution in [2.24, 2.45) is 0 Å². The third-order valence-electron chi connectivity index (χ3n) is 1.87. The second-order valence-electron chi connectivity index (χ2n) is 2.56. The number of nitrogen functional groups attached to an aromatic ring is 2. The zero-order chi connectivity index (χ0) is 8.43. The number of rotatable bonds is 1. The summed E-state index contributed by atoms with van der Waals surface area (Å²) in [7, 11) is 0. The van der Waals surface area contributed by atoms with Crippen molar-refractivity contribution in [2.45, 2.75) is 20.3 Å². The molecular formula is C8H13N3. The molecule has 0 aliphatic carbocycles. The van der Waals surface area contributed by atoms with E-state index >= 15 is 0 Å². The summed E-state index contributed by atoms with van der Waals surface area (Å²) in [5.74, 6) is 0.528. The Morgan fingerprint density at radius 3 is 2.64 bits per heavy atom. The molecule has 0 saturated heterocycles. The van der Waals surface area contributed by atoms with Crippen molar-refractivity contribution < 1.29 is 0 Å². The number of hydrogen-bond acceptors (Lipinski definition) is 3. The van der Waals surface area contributed by atoms with E-state index in [1.807, 2.05) is 13.8 Å². The fourth-order valence-corrected chi connectivity index (χ4v) is 0.974. The Morgan fingerprint density at radius 2 is 2.09 bits per heavy atom. The first-order valence-corrected chi connectivity index (χ1v) is 3.66. The minimum absolute atomic E-state index is 0.528. The monoisotopic (exact) mass is 151 g/mol. The van der Waals surface area contributed by atoms with Crippen LogP contribution in [0.25, 0.3) is 0 Å². The molecule has 0 radical (unpaired) electrons. The standard InChI is InChI=1S/C8H13N3/c1-3-6-4-11-8(10)5(2)7(6)9/h4H,3H2,1-2H3,(H4,9,10,11). The normalized spacial score (nSPS) is 10.0. The van der Waals surface area contributed by atoms with Gasteiger partial charge in [-0.25, -0.2) is 4.98 Å². The van der Waals surface area contributed by atoms with Crippen LogP contribution in [0, 0.1) is 6.92 Å². The third-order valence-corrected chi connectivity index (χ3v) is 1.87. The van der Waals surface area contributed by atoms with Crippen LogP contribution < -0.4 is 11.5 Å². The van der Waals surface area contributed by atoms with E-state index in [1.54, 1.807) is 6.20 Å². The minimum Gasteiger partial charge on any atom is -0.398 e. The van der Waals surface area contributed by atoms with E-state index in [1.165, 1.54) is 0 Å². The lowest BCUT2D eigenvalue weighted by molar-refractivity contribution is 1.10. The highest BCUT2D eigenvalue weighted by Crippen LogP contribution is 2.19. The van der Waals surface area contributed by atoms with E-state index in [4.69, 9.17) is 11.5 Å². The number of pyridine rings is 1. The maximum absolute atomic E-state index is 5.77. The Balaban J connectivity index is 3.25. The summed E-state index contributed by atoms with van der Waals surface area (Å²) in [6.07, 6.45) is 2.64. The van der Waals surface area contributed by atoms with Crippen molar-refractivity contribution in [1.29, 1.82) is 0 Å². The maximum atomic E-state index is 5.77. The fraction of sp³-hybridized carbons (Fsp3) is 0.375. The molecule has 0 amide bonds. The molecule has 0 fully saturated rings. The van der Waals surface area contributed by atoms with Crippen LogP contribution in [0.5, 0.6) is 0 Å². The number of aryl methyl sites for hydroxylation is 1. The van der Waals surface area contributed by atoms with E-state index < -0.39 is 0 Å². The summed E-state index contributed by atoms with van der Waals surface area (Å²) in [6, 6.07) is 0. The van der Waals surface area contributed by atoms with Gasteiger partial charge in [-0.15, -0.1) is 0 Å². The van der Waals surface area contributed by atoms with Crippen LogP contribution >= 0.6 is 0 Å². The van der Waals surface area contributed by atoms with Crippen molar-refractivity contribution in [3.05, 3.63) is 17.3 Å². The van der Waals surface area contributed by atoms with Gasteiger partial charge in [-0.05, 0) is 18.9 Å². The number of hydrogen-bond donors (Lipinski definition) is 2. The second kappa shape index (κ2) is 2.78. The van der Waals surface area contributed by atoms with Gasteiger partial charge in [-0.3, -0.25) is 0 Å². The van der Waals surface area contributed by atoms with E-state index in [0.29, 0.717) is 5.82 Å². The molecule has 1 rings (SSSR count). The van der Waals surface area contributed by atoms with Crippen LogP contribution in [-0.4, -0.2) is 4.98 Å². The van der Waals surface area contributed by atoms with Crippen LogP contribution in [0.3, 0.4) is 0 Å². The molecule has 60 valence electrons. The molecule has 0 bridgehead atoms. The molecule has 0 unspecified atom stereocenters. The molecule has 0 spiro atoms. The predicted molar refractivity (Wildman–Crippen MR) is 47.2 cm³/mol. The number of nitrogens with two attached hydrogens (primary N) is 2. The van der Waals surface area contributed by atoms with Gasteiger partial charge in [-0.2, -0.15) is 0 Å². The summed E-state index contributed by atoms with van der Waals surface area (Å²) in [4.78, 5) is 4.01. The molecule has 0 aliphatic heterocycles. The van der Waals surface area contributed by atoms with E-state index in [2.05, 4.69) is 4.98 Å². The third kappa shape index (κ3) is 1.27. The SMILES string of the molecule is CCc1cnc(N)c(C)c1N. The van der Waals surface area contributed by atoms with Crippen LogP contribution in [-0.2, 0) is 6.42 Å². The lowest BCUT2D eigenvalue weighted by atomic mass is 10.1. The van der Waals surface area contributed by atoms with Crippen molar-refractivity contribution in [2.75, 3.05) is 11.5 Å². The summed E-state index contributed by atoms with van der Waals surface area (Å²) < 4.78 is 0. The van der Waals surface area contributed by atoms with Crippen LogP contribution in [0.4, 0.5) is 11.5 Å². The van der Waals surface area contributed by atoms with Gasteiger partial charge in [0.05, 0.1) is 0 Å². The predicted octanol–water partition coefficient (Wildman–Crippen LogP) is 1.12. The summed E-state index contributed by atoms with van der Waals surface area (Å²) >= 11 is 0. The Morgan fingerprint density at radius 1 is 1.45 bits per heavy atom. The van der Waals surface area contributed by atoms with Crippen LogP contribution in [0.2, 0.25) is 0 Å². The van der Waals surface area contributed by atoms with E-state index in [0.717, 1.165) is 23.2 Å². The maximum Gasteiger partial charge on any atom is 0.128 e. The van der Waals surface area contributed by atoms with Gasteiger partial charge in [0.15, 0.2) is 0 Å². The number of nitrogens with zero attached hydrogens (tertiary/aromatic N) is 1. The summed E-state index contributed by atoms with van der Waals surface area (Å²) in [6.45, 7) is 3.93. The smallest absolute Gasteiger partial charge is 0.128 e. The summed E-state index contributed by atoms with van der Waals surface area (Å²) in [5, 5.41) is 0.